The molecule has 0 nitrogen and oxygen atoms in total. The largest absolute Gasteiger partial charge is 0.153 e. The molecule has 0 rings (SSSR count). The van der Waals surface area contributed by atoms with Crippen LogP contribution in [0, 0.1) is 0 Å². The van der Waals surface area contributed by atoms with E-state index in [-0.39, 0.29) is 38.4 Å². The van der Waals surface area contributed by atoms with Crippen molar-refractivity contribution in [3.63, 3.8) is 0 Å². The third-order valence-electron chi connectivity index (χ3n) is 0. The van der Waals surface area contributed by atoms with E-state index in [0.29, 0.717) is 0 Å². The zero-order valence-electron chi connectivity index (χ0n) is 4.57. The van der Waals surface area contributed by atoms with Gasteiger partial charge in [-0.15, -0.1) is 0 Å². The van der Waals surface area contributed by atoms with Crippen LogP contribution in [0.2, 0.25) is 0 Å². The Morgan fingerprint density at radius 3 is 1.00 bits per heavy atom. The summed E-state index contributed by atoms with van der Waals surface area (Å²) in [6.07, 6.45) is 1.25. The Morgan fingerprint density at radius 2 is 1.00 bits per heavy atom. The molecule has 6 heavy (non-hydrogen) atoms. The van der Waals surface area contributed by atoms with Gasteiger partial charge in [0.2, 0.25) is 0 Å². The third-order valence-corrected chi connectivity index (χ3v) is 0. The molecule has 0 aliphatic rings. The van der Waals surface area contributed by atoms with Crippen molar-refractivity contribution in [3.05, 3.63) is 0 Å². The molecule has 0 aromatic rings. The first-order valence-electron chi connectivity index (χ1n) is 1.41. The van der Waals surface area contributed by atoms with Gasteiger partial charge in [0.1, 0.15) is 0 Å². The predicted octanol–water partition coefficient (Wildman–Crippen LogP) is 1.53. The summed E-state index contributed by atoms with van der Waals surface area (Å²) in [5.41, 5.74) is 0. The average molecular weight is 163 g/mol. The smallest absolute Gasteiger partial charge is 0 e. The van der Waals surface area contributed by atoms with Gasteiger partial charge in [0.25, 0.3) is 0 Å². The zero-order valence-corrected chi connectivity index (χ0v) is 8.79. The first kappa shape index (κ1) is 26.1. The molecule has 0 aromatic carbocycles. The van der Waals surface area contributed by atoms with Crippen LogP contribution >= 0.6 is 19.8 Å². The van der Waals surface area contributed by atoms with Crippen molar-refractivity contribution in [1.29, 1.82) is 0 Å². The monoisotopic (exact) mass is 163 g/mol. The topological polar surface area (TPSA) is 0 Å². The van der Waals surface area contributed by atoms with Crippen LogP contribution in [-0.2, 0) is 18.6 Å². The fraction of sp³-hybridized carbons (Fsp3) is 1.00. The molecule has 3 heteroatoms. The van der Waals surface area contributed by atoms with Gasteiger partial charge >= 0.3 is 0 Å². The fourth-order valence-electron chi connectivity index (χ4n) is 0. The maximum absolute atomic E-state index is 2.12. The number of hydrogen-bond acceptors (Lipinski definition) is 0. The first-order chi connectivity index (χ1) is 1.41. The molecule has 1 radical (unpaired) electrons. The predicted molar refractivity (Wildman–Crippen MR) is 38.2 cm³/mol. The third kappa shape index (κ3) is 51.5. The molecular weight excluding hydrogens is 149 g/mol. The second kappa shape index (κ2) is 32.0. The van der Waals surface area contributed by atoms with Crippen LogP contribution in [-0.4, -0.2) is 0 Å². The first-order valence-corrected chi connectivity index (χ1v) is 1.41. The standard InChI is InChI=1S/C3H8.2H3P.V/c1-3-2;;;/h3H2,1-2H3;2*1H3;. The molecule has 41 valence electrons. The molecule has 0 aromatic heterocycles. The van der Waals surface area contributed by atoms with E-state index in [1.54, 1.807) is 0 Å². The van der Waals surface area contributed by atoms with Crippen molar-refractivity contribution in [3.8, 4) is 0 Å². The summed E-state index contributed by atoms with van der Waals surface area (Å²) in [4.78, 5) is 0. The van der Waals surface area contributed by atoms with E-state index in [2.05, 4.69) is 13.8 Å². The molecule has 0 saturated carbocycles. The summed E-state index contributed by atoms with van der Waals surface area (Å²) in [6.45, 7) is 4.25. The van der Waals surface area contributed by atoms with Gasteiger partial charge in [0.15, 0.2) is 0 Å². The SMILES string of the molecule is CCC.P.P.[V]. The van der Waals surface area contributed by atoms with Crippen molar-refractivity contribution in [2.24, 2.45) is 0 Å². The Hall–Kier alpha value is 1.44. The molecule has 0 heterocycles. The van der Waals surface area contributed by atoms with Gasteiger partial charge in [-0.1, -0.05) is 20.3 Å². The number of hydrogen-bond donors (Lipinski definition) is 0. The van der Waals surface area contributed by atoms with Crippen molar-refractivity contribution in [1.82, 2.24) is 0 Å². The summed E-state index contributed by atoms with van der Waals surface area (Å²) in [5.74, 6) is 0. The molecule has 0 N–H and O–H groups in total. The molecule has 0 fully saturated rings. The summed E-state index contributed by atoms with van der Waals surface area (Å²) < 4.78 is 0. The van der Waals surface area contributed by atoms with Crippen molar-refractivity contribution in [2.45, 2.75) is 20.3 Å². The molecule has 0 aliphatic carbocycles. The van der Waals surface area contributed by atoms with Gasteiger partial charge in [0.05, 0.1) is 0 Å². The fourth-order valence-corrected chi connectivity index (χ4v) is 0. The summed E-state index contributed by atoms with van der Waals surface area (Å²) in [7, 11) is 0. The summed E-state index contributed by atoms with van der Waals surface area (Å²) in [6, 6.07) is 0. The molecule has 0 saturated heterocycles. The van der Waals surface area contributed by atoms with Gasteiger partial charge in [-0.3, -0.25) is 0 Å². The summed E-state index contributed by atoms with van der Waals surface area (Å²) in [5, 5.41) is 0. The molecule has 0 aliphatic heterocycles. The molecule has 0 amide bonds. The average Bonchev–Trinajstić information content (AvgIpc) is 0.918. The second-order valence-electron chi connectivity index (χ2n) is 0.707. The van der Waals surface area contributed by atoms with E-state index < -0.39 is 0 Å². The minimum absolute atomic E-state index is 0. The van der Waals surface area contributed by atoms with Gasteiger partial charge in [-0.25, -0.2) is 0 Å². The quantitative estimate of drug-likeness (QED) is 0.475. The van der Waals surface area contributed by atoms with Crippen LogP contribution in [0.15, 0.2) is 0 Å². The minimum Gasteiger partial charge on any atom is -0.153 e. The molecule has 2 unspecified atom stereocenters. The van der Waals surface area contributed by atoms with E-state index in [1.165, 1.54) is 6.42 Å². The van der Waals surface area contributed by atoms with Gasteiger partial charge in [-0.2, -0.15) is 19.8 Å². The Kier molecular flexibility index (Phi) is 139. The van der Waals surface area contributed by atoms with Gasteiger partial charge in [-0.05, 0) is 0 Å². The van der Waals surface area contributed by atoms with Crippen LogP contribution in [0.3, 0.4) is 0 Å². The Morgan fingerprint density at radius 1 is 1.00 bits per heavy atom. The van der Waals surface area contributed by atoms with Crippen molar-refractivity contribution in [2.75, 3.05) is 0 Å². The molecule has 2 atom stereocenters. The second-order valence-corrected chi connectivity index (χ2v) is 0.707. The van der Waals surface area contributed by atoms with Crippen LogP contribution in [0.4, 0.5) is 0 Å². The van der Waals surface area contributed by atoms with Crippen LogP contribution in [0.5, 0.6) is 0 Å². The molecular formula is C3H14P2V. The van der Waals surface area contributed by atoms with Gasteiger partial charge < -0.3 is 0 Å². The van der Waals surface area contributed by atoms with Crippen LogP contribution < -0.4 is 0 Å². The van der Waals surface area contributed by atoms with E-state index in [1.807, 2.05) is 0 Å². The maximum atomic E-state index is 2.12. The summed E-state index contributed by atoms with van der Waals surface area (Å²) >= 11 is 0. The Balaban J connectivity index is -0.00000000667. The number of rotatable bonds is 0. The zero-order chi connectivity index (χ0) is 2.71. The maximum Gasteiger partial charge on any atom is 0 e. The van der Waals surface area contributed by atoms with E-state index in [0.717, 1.165) is 0 Å². The molecule has 0 spiro atoms. The molecule has 0 bridgehead atoms. The van der Waals surface area contributed by atoms with Crippen LogP contribution in [0.25, 0.3) is 0 Å². The van der Waals surface area contributed by atoms with E-state index in [9.17, 15) is 0 Å². The van der Waals surface area contributed by atoms with Crippen LogP contribution in [0.1, 0.15) is 20.3 Å². The minimum atomic E-state index is 0. The van der Waals surface area contributed by atoms with E-state index >= 15 is 0 Å². The van der Waals surface area contributed by atoms with E-state index in [4.69, 9.17) is 0 Å². The normalized spacial score (nSPS) is 3.00. The Bertz CT molecular complexity index is 8.75. The Labute approximate surface area is 59.0 Å². The van der Waals surface area contributed by atoms with Gasteiger partial charge in [0, 0.05) is 18.6 Å². The van der Waals surface area contributed by atoms with Crippen molar-refractivity contribution < 1.29 is 18.6 Å². The van der Waals surface area contributed by atoms with Crippen molar-refractivity contribution >= 4 is 19.8 Å².